The Morgan fingerprint density at radius 2 is 1.83 bits per heavy atom. The molecule has 23 heavy (non-hydrogen) atoms. The summed E-state index contributed by atoms with van der Waals surface area (Å²) in [7, 11) is 4.02. The molecule has 1 fully saturated rings. The second-order valence-electron chi connectivity index (χ2n) is 6.53. The molecular formula is C19H30N2O2. The van der Waals surface area contributed by atoms with E-state index in [1.807, 2.05) is 44.1 Å². The third-order valence-corrected chi connectivity index (χ3v) is 4.46. The van der Waals surface area contributed by atoms with Gasteiger partial charge in [-0.25, -0.2) is 4.79 Å². The van der Waals surface area contributed by atoms with Crippen molar-refractivity contribution in [2.24, 2.45) is 0 Å². The van der Waals surface area contributed by atoms with E-state index >= 15 is 0 Å². The molecule has 0 radical (unpaired) electrons. The molecule has 1 saturated carbocycles. The van der Waals surface area contributed by atoms with Crippen molar-refractivity contribution in [3.05, 3.63) is 23.8 Å². The summed E-state index contributed by atoms with van der Waals surface area (Å²) >= 11 is 0. The molecule has 4 heteroatoms. The minimum absolute atomic E-state index is 0.256. The maximum absolute atomic E-state index is 11.9. The number of carbonyl (C=O) groups excluding carboxylic acids is 1. The van der Waals surface area contributed by atoms with E-state index in [0.29, 0.717) is 18.2 Å². The van der Waals surface area contributed by atoms with Crippen molar-refractivity contribution < 1.29 is 9.53 Å². The lowest BCUT2D eigenvalue weighted by Gasteiger charge is -2.26. The lowest BCUT2D eigenvalue weighted by Crippen LogP contribution is -2.23. The lowest BCUT2D eigenvalue weighted by molar-refractivity contribution is 0.0526. The Morgan fingerprint density at radius 1 is 1.17 bits per heavy atom. The zero-order valence-corrected chi connectivity index (χ0v) is 14.7. The Kier molecular flexibility index (Phi) is 6.75. The summed E-state index contributed by atoms with van der Waals surface area (Å²) in [6, 6.07) is 6.32. The molecule has 4 nitrogen and oxygen atoms in total. The average Bonchev–Trinajstić information content (AvgIpc) is 2.50. The van der Waals surface area contributed by atoms with Gasteiger partial charge in [-0.3, -0.25) is 0 Å². The predicted octanol–water partition coefficient (Wildman–Crippen LogP) is 4.45. The number of anilines is 2. The van der Waals surface area contributed by atoms with Crippen LogP contribution in [0.15, 0.2) is 18.2 Å². The Labute approximate surface area is 140 Å². The second kappa shape index (κ2) is 8.80. The summed E-state index contributed by atoms with van der Waals surface area (Å²) in [5, 5.41) is 3.70. The predicted molar refractivity (Wildman–Crippen MR) is 96.5 cm³/mol. The summed E-state index contributed by atoms with van der Waals surface area (Å²) in [5.74, 6) is -0.256. The van der Waals surface area contributed by atoms with Crippen molar-refractivity contribution in [3.8, 4) is 0 Å². The number of hydrogen-bond acceptors (Lipinski definition) is 4. The fourth-order valence-corrected chi connectivity index (χ4v) is 3.19. The van der Waals surface area contributed by atoms with E-state index in [1.165, 1.54) is 44.9 Å². The van der Waals surface area contributed by atoms with Crippen molar-refractivity contribution in [3.63, 3.8) is 0 Å². The largest absolute Gasteiger partial charge is 0.462 e. The van der Waals surface area contributed by atoms with Crippen molar-refractivity contribution in [1.29, 1.82) is 0 Å². The summed E-state index contributed by atoms with van der Waals surface area (Å²) in [4.78, 5) is 14.0. The van der Waals surface area contributed by atoms with Crippen LogP contribution in [0.3, 0.4) is 0 Å². The van der Waals surface area contributed by atoms with Gasteiger partial charge in [0.15, 0.2) is 0 Å². The van der Waals surface area contributed by atoms with E-state index in [0.717, 1.165) is 11.4 Å². The minimum atomic E-state index is -0.256. The van der Waals surface area contributed by atoms with Gasteiger partial charge in [-0.1, -0.05) is 32.1 Å². The summed E-state index contributed by atoms with van der Waals surface area (Å²) in [6.45, 7) is 2.23. The molecule has 0 unspecified atom stereocenters. The van der Waals surface area contributed by atoms with Crippen LogP contribution in [0, 0.1) is 0 Å². The first-order chi connectivity index (χ1) is 11.1. The SMILES string of the molecule is CCOC(=O)c1ccc(NC2CCCCCCC2)c(N(C)C)c1. The van der Waals surface area contributed by atoms with Gasteiger partial charge < -0.3 is 15.0 Å². The smallest absolute Gasteiger partial charge is 0.338 e. The number of hydrogen-bond donors (Lipinski definition) is 1. The Morgan fingerprint density at radius 3 is 2.43 bits per heavy atom. The number of rotatable bonds is 5. The number of nitrogens with one attached hydrogen (secondary N) is 1. The van der Waals surface area contributed by atoms with E-state index in [1.54, 1.807) is 0 Å². The number of benzene rings is 1. The van der Waals surface area contributed by atoms with Crippen LogP contribution >= 0.6 is 0 Å². The van der Waals surface area contributed by atoms with Gasteiger partial charge in [0.1, 0.15) is 0 Å². The Balaban J connectivity index is 2.14. The third kappa shape index (κ3) is 5.15. The number of esters is 1. The van der Waals surface area contributed by atoms with Crippen LogP contribution in [0.25, 0.3) is 0 Å². The standard InChI is InChI=1S/C19H30N2O2/c1-4-23-19(22)15-12-13-17(18(14-15)21(2)3)20-16-10-8-6-5-7-9-11-16/h12-14,16,20H,4-11H2,1-3H3. The summed E-state index contributed by atoms with van der Waals surface area (Å²) in [5.41, 5.74) is 2.75. The monoisotopic (exact) mass is 318 g/mol. The molecule has 0 aliphatic heterocycles. The van der Waals surface area contributed by atoms with Gasteiger partial charge in [-0.15, -0.1) is 0 Å². The molecule has 0 atom stereocenters. The molecule has 2 rings (SSSR count). The minimum Gasteiger partial charge on any atom is -0.462 e. The third-order valence-electron chi connectivity index (χ3n) is 4.46. The van der Waals surface area contributed by atoms with Crippen molar-refractivity contribution in [1.82, 2.24) is 0 Å². The van der Waals surface area contributed by atoms with Gasteiger partial charge in [0.25, 0.3) is 0 Å². The van der Waals surface area contributed by atoms with Crippen LogP contribution in [0.2, 0.25) is 0 Å². The van der Waals surface area contributed by atoms with Gasteiger partial charge in [0.05, 0.1) is 23.5 Å². The first kappa shape index (κ1) is 17.6. The molecule has 0 amide bonds. The molecule has 1 aromatic carbocycles. The second-order valence-corrected chi connectivity index (χ2v) is 6.53. The zero-order chi connectivity index (χ0) is 16.7. The van der Waals surface area contributed by atoms with Crippen LogP contribution in [0.4, 0.5) is 11.4 Å². The zero-order valence-electron chi connectivity index (χ0n) is 14.7. The highest BCUT2D eigenvalue weighted by atomic mass is 16.5. The lowest BCUT2D eigenvalue weighted by atomic mass is 9.96. The molecule has 0 saturated heterocycles. The first-order valence-electron chi connectivity index (χ1n) is 8.87. The normalized spacial score (nSPS) is 16.3. The van der Waals surface area contributed by atoms with Crippen molar-refractivity contribution in [2.75, 3.05) is 30.9 Å². The molecule has 1 N–H and O–H groups in total. The van der Waals surface area contributed by atoms with E-state index in [2.05, 4.69) is 5.32 Å². The van der Waals surface area contributed by atoms with Gasteiger partial charge >= 0.3 is 5.97 Å². The van der Waals surface area contributed by atoms with Gasteiger partial charge in [0.2, 0.25) is 0 Å². The molecule has 0 spiro atoms. The van der Waals surface area contributed by atoms with Gasteiger partial charge in [0, 0.05) is 20.1 Å². The molecule has 1 aliphatic carbocycles. The van der Waals surface area contributed by atoms with Crippen LogP contribution in [0.1, 0.15) is 62.2 Å². The maximum Gasteiger partial charge on any atom is 0.338 e. The molecule has 1 aromatic rings. The highest BCUT2D eigenvalue weighted by molar-refractivity contribution is 5.92. The van der Waals surface area contributed by atoms with Gasteiger partial charge in [-0.05, 0) is 38.0 Å². The Hall–Kier alpha value is -1.71. The maximum atomic E-state index is 11.9. The van der Waals surface area contributed by atoms with E-state index < -0.39 is 0 Å². The van der Waals surface area contributed by atoms with Crippen LogP contribution < -0.4 is 10.2 Å². The van der Waals surface area contributed by atoms with E-state index in [-0.39, 0.29) is 5.97 Å². The molecule has 0 bridgehead atoms. The Bertz CT molecular complexity index is 506. The van der Waals surface area contributed by atoms with Crippen LogP contribution in [-0.4, -0.2) is 32.7 Å². The van der Waals surface area contributed by atoms with Gasteiger partial charge in [-0.2, -0.15) is 0 Å². The molecule has 128 valence electrons. The fourth-order valence-electron chi connectivity index (χ4n) is 3.19. The average molecular weight is 318 g/mol. The fraction of sp³-hybridized carbons (Fsp3) is 0.632. The molecule has 1 aliphatic rings. The van der Waals surface area contributed by atoms with Crippen LogP contribution in [0.5, 0.6) is 0 Å². The first-order valence-corrected chi connectivity index (χ1v) is 8.87. The van der Waals surface area contributed by atoms with Crippen molar-refractivity contribution in [2.45, 2.75) is 57.9 Å². The number of carbonyl (C=O) groups is 1. The topological polar surface area (TPSA) is 41.6 Å². The molecule has 0 aromatic heterocycles. The molecular weight excluding hydrogens is 288 g/mol. The quantitative estimate of drug-likeness (QED) is 0.814. The van der Waals surface area contributed by atoms with Crippen molar-refractivity contribution >= 4 is 17.3 Å². The molecule has 0 heterocycles. The van der Waals surface area contributed by atoms with E-state index in [9.17, 15) is 4.79 Å². The van der Waals surface area contributed by atoms with E-state index in [4.69, 9.17) is 4.74 Å². The highest BCUT2D eigenvalue weighted by Crippen LogP contribution is 2.29. The van der Waals surface area contributed by atoms with Crippen LogP contribution in [-0.2, 0) is 4.74 Å². The summed E-state index contributed by atoms with van der Waals surface area (Å²) < 4.78 is 5.11. The number of ether oxygens (including phenoxy) is 1. The highest BCUT2D eigenvalue weighted by Gasteiger charge is 2.16. The number of nitrogens with zero attached hydrogens (tertiary/aromatic N) is 1. The summed E-state index contributed by atoms with van der Waals surface area (Å²) in [6.07, 6.45) is 9.13.